The minimum Gasteiger partial charge on any atom is -0.455 e. The molecule has 27 heavy (non-hydrogen) atoms. The minimum atomic E-state index is -0.380. The van der Waals surface area contributed by atoms with Crippen molar-refractivity contribution in [3.8, 4) is 11.1 Å². The Kier molecular flexibility index (Phi) is 3.56. The largest absolute Gasteiger partial charge is 0.455 e. The lowest BCUT2D eigenvalue weighted by Crippen LogP contribution is -2.19. The van der Waals surface area contributed by atoms with Crippen LogP contribution in [0.3, 0.4) is 0 Å². The Labute approximate surface area is 155 Å². The van der Waals surface area contributed by atoms with Crippen LogP contribution in [0.25, 0.3) is 32.7 Å². The summed E-state index contributed by atoms with van der Waals surface area (Å²) in [6.45, 7) is 1.83. The van der Waals surface area contributed by atoms with Crippen LogP contribution in [0.15, 0.2) is 45.6 Å². The summed E-state index contributed by atoms with van der Waals surface area (Å²) in [6.07, 6.45) is 2.66. The maximum atomic E-state index is 15.0. The standard InChI is InChI=1S/C21H15FNO3P/c1-11-26-19-16-8-17(22)15(13-4-2-12(10-24)3-5-13)9-18(16)23(14-6-7-14)21(25)20(19)27-11/h2-5,8-10,14H,6-7H2,1H3. The van der Waals surface area contributed by atoms with Crippen molar-refractivity contribution in [1.29, 1.82) is 0 Å². The zero-order chi connectivity index (χ0) is 18.7. The lowest BCUT2D eigenvalue weighted by atomic mass is 10.0. The fraction of sp³-hybridized carbons (Fsp3) is 0.190. The van der Waals surface area contributed by atoms with Crippen LogP contribution < -0.4 is 5.56 Å². The number of halogens is 1. The van der Waals surface area contributed by atoms with E-state index >= 15 is 0 Å². The average molecular weight is 379 g/mol. The molecule has 5 rings (SSSR count). The van der Waals surface area contributed by atoms with Crippen molar-refractivity contribution >= 4 is 36.1 Å². The quantitative estimate of drug-likeness (QED) is 0.436. The van der Waals surface area contributed by atoms with Crippen LogP contribution in [0.5, 0.6) is 0 Å². The number of nitrogens with zero attached hydrogens (tertiary/aromatic N) is 1. The van der Waals surface area contributed by atoms with Gasteiger partial charge in [-0.1, -0.05) is 24.3 Å². The van der Waals surface area contributed by atoms with Crippen LogP contribution in [-0.2, 0) is 0 Å². The second-order valence-electron chi connectivity index (χ2n) is 6.91. The van der Waals surface area contributed by atoms with E-state index in [-0.39, 0.29) is 17.4 Å². The summed E-state index contributed by atoms with van der Waals surface area (Å²) in [4.78, 5) is 23.9. The van der Waals surface area contributed by atoms with E-state index in [1.807, 2.05) is 6.92 Å². The summed E-state index contributed by atoms with van der Waals surface area (Å²) in [5, 5.41) is 1.22. The monoisotopic (exact) mass is 379 g/mol. The Morgan fingerprint density at radius 2 is 1.96 bits per heavy atom. The molecule has 0 spiro atoms. The van der Waals surface area contributed by atoms with Gasteiger partial charge in [0.05, 0.1) is 5.52 Å². The molecule has 0 saturated heterocycles. The van der Waals surface area contributed by atoms with Crippen molar-refractivity contribution in [2.45, 2.75) is 25.8 Å². The van der Waals surface area contributed by atoms with E-state index in [0.717, 1.165) is 32.8 Å². The molecular formula is C21H15FNO3P. The van der Waals surface area contributed by atoms with Gasteiger partial charge in [0.15, 0.2) is 5.58 Å². The Hall–Kier alpha value is -2.78. The van der Waals surface area contributed by atoms with Crippen LogP contribution in [0.2, 0.25) is 0 Å². The van der Waals surface area contributed by atoms with Gasteiger partial charge in [0.1, 0.15) is 22.7 Å². The third kappa shape index (κ3) is 2.54. The SMILES string of the molecule is Cc1oc2c(p1)c(=O)n(C1CC1)c1cc(-c3ccc(C=O)cc3)c(F)cc21. The summed E-state index contributed by atoms with van der Waals surface area (Å²) < 4.78 is 22.6. The predicted octanol–water partition coefficient (Wildman–Crippen LogP) is 5.59. The van der Waals surface area contributed by atoms with Crippen molar-refractivity contribution in [3.05, 3.63) is 63.6 Å². The smallest absolute Gasteiger partial charge is 0.267 e. The van der Waals surface area contributed by atoms with Gasteiger partial charge in [-0.15, -0.1) is 0 Å². The number of benzene rings is 2. The van der Waals surface area contributed by atoms with E-state index in [0.29, 0.717) is 38.3 Å². The molecule has 0 atom stereocenters. The molecule has 2 aromatic carbocycles. The van der Waals surface area contributed by atoms with Gasteiger partial charge in [-0.2, -0.15) is 0 Å². The van der Waals surface area contributed by atoms with Crippen molar-refractivity contribution in [1.82, 2.24) is 4.57 Å². The Morgan fingerprint density at radius 1 is 1.22 bits per heavy atom. The molecule has 4 nitrogen and oxygen atoms in total. The van der Waals surface area contributed by atoms with Crippen molar-refractivity contribution in [2.75, 3.05) is 0 Å². The highest BCUT2D eigenvalue weighted by Crippen LogP contribution is 2.41. The highest BCUT2D eigenvalue weighted by Gasteiger charge is 2.29. The highest BCUT2D eigenvalue weighted by atomic mass is 31.0. The number of hydrogen-bond acceptors (Lipinski definition) is 3. The zero-order valence-corrected chi connectivity index (χ0v) is 15.4. The minimum absolute atomic E-state index is 0.0487. The third-order valence-electron chi connectivity index (χ3n) is 5.01. The van der Waals surface area contributed by atoms with E-state index in [2.05, 4.69) is 0 Å². The second kappa shape index (κ2) is 5.86. The number of carbonyl (C=O) groups excluding carboxylic acids is 1. The van der Waals surface area contributed by atoms with Crippen LogP contribution >= 0.6 is 8.19 Å². The molecular weight excluding hydrogens is 364 g/mol. The Bertz CT molecular complexity index is 1280. The summed E-state index contributed by atoms with van der Waals surface area (Å²) in [5.74, 6) is -0.380. The molecule has 1 aliphatic carbocycles. The van der Waals surface area contributed by atoms with Gasteiger partial charge in [0.2, 0.25) is 0 Å². The molecule has 2 aromatic heterocycles. The van der Waals surface area contributed by atoms with Gasteiger partial charge in [-0.25, -0.2) is 4.39 Å². The number of pyridine rings is 1. The summed E-state index contributed by atoms with van der Waals surface area (Å²) in [6, 6.07) is 10.1. The molecule has 0 radical (unpaired) electrons. The Balaban J connectivity index is 1.86. The molecule has 134 valence electrons. The molecule has 1 saturated carbocycles. The van der Waals surface area contributed by atoms with Crippen LogP contribution in [-0.4, -0.2) is 10.9 Å². The van der Waals surface area contributed by atoms with E-state index < -0.39 is 0 Å². The third-order valence-corrected chi connectivity index (χ3v) is 6.04. The fourth-order valence-electron chi connectivity index (χ4n) is 3.58. The molecule has 2 heterocycles. The Morgan fingerprint density at radius 3 is 2.63 bits per heavy atom. The number of carbonyl (C=O) groups is 1. The molecule has 0 N–H and O–H groups in total. The molecule has 0 bridgehead atoms. The van der Waals surface area contributed by atoms with Crippen molar-refractivity contribution < 1.29 is 13.6 Å². The van der Waals surface area contributed by atoms with Gasteiger partial charge in [-0.05, 0) is 45.7 Å². The van der Waals surface area contributed by atoms with E-state index in [9.17, 15) is 14.0 Å². The van der Waals surface area contributed by atoms with E-state index in [4.69, 9.17) is 4.42 Å². The van der Waals surface area contributed by atoms with E-state index in [1.54, 1.807) is 34.9 Å². The van der Waals surface area contributed by atoms with Crippen LogP contribution in [0, 0.1) is 12.7 Å². The lowest BCUT2D eigenvalue weighted by molar-refractivity contribution is 0.112. The van der Waals surface area contributed by atoms with Gasteiger partial charge >= 0.3 is 0 Å². The fourth-order valence-corrected chi connectivity index (χ4v) is 4.50. The summed E-state index contributed by atoms with van der Waals surface area (Å²) in [5.41, 5.74) is 3.46. The van der Waals surface area contributed by atoms with Gasteiger partial charge < -0.3 is 8.98 Å². The number of fused-ring (bicyclic) bond motifs is 3. The molecule has 1 aliphatic rings. The van der Waals surface area contributed by atoms with Gasteiger partial charge in [0, 0.05) is 22.6 Å². The predicted molar refractivity (Wildman–Crippen MR) is 104 cm³/mol. The lowest BCUT2D eigenvalue weighted by Gasteiger charge is -2.12. The number of rotatable bonds is 3. The first-order valence-corrected chi connectivity index (χ1v) is 9.67. The molecule has 6 heteroatoms. The first-order valence-electron chi connectivity index (χ1n) is 8.77. The molecule has 4 aromatic rings. The molecule has 1 fully saturated rings. The maximum Gasteiger partial charge on any atom is 0.267 e. The molecule has 0 aliphatic heterocycles. The van der Waals surface area contributed by atoms with Crippen LogP contribution in [0.1, 0.15) is 34.7 Å². The normalized spacial score (nSPS) is 14.4. The number of hydrogen-bond donors (Lipinski definition) is 0. The number of aryl methyl sites for hydroxylation is 1. The topological polar surface area (TPSA) is 52.2 Å². The van der Waals surface area contributed by atoms with Gasteiger partial charge in [-0.3, -0.25) is 9.59 Å². The first-order chi connectivity index (χ1) is 13.1. The van der Waals surface area contributed by atoms with Gasteiger partial charge in [0.25, 0.3) is 5.56 Å². The van der Waals surface area contributed by atoms with Crippen molar-refractivity contribution in [2.24, 2.45) is 0 Å². The van der Waals surface area contributed by atoms with Crippen LogP contribution in [0.4, 0.5) is 4.39 Å². The summed E-state index contributed by atoms with van der Waals surface area (Å²) >= 11 is 0. The number of aromatic nitrogens is 1. The average Bonchev–Trinajstić information content (AvgIpc) is 3.42. The van der Waals surface area contributed by atoms with E-state index in [1.165, 1.54) is 6.07 Å². The molecule has 0 unspecified atom stereocenters. The summed E-state index contributed by atoms with van der Waals surface area (Å²) in [7, 11) is 0.756. The second-order valence-corrected chi connectivity index (χ2v) is 8.21. The first kappa shape index (κ1) is 16.4. The number of aldehydes is 1. The molecule has 0 amide bonds. The highest BCUT2D eigenvalue weighted by molar-refractivity contribution is 7.37. The zero-order valence-electron chi connectivity index (χ0n) is 14.5. The maximum absolute atomic E-state index is 15.0. The van der Waals surface area contributed by atoms with Crippen molar-refractivity contribution in [3.63, 3.8) is 0 Å².